The average molecular weight is 245 g/mol. The summed E-state index contributed by atoms with van der Waals surface area (Å²) in [5.74, 6) is -0.147. The Hall–Kier alpha value is -2.24. The van der Waals surface area contributed by atoms with Gasteiger partial charge in [-0.3, -0.25) is 9.48 Å². The Balaban J connectivity index is 1.83. The summed E-state index contributed by atoms with van der Waals surface area (Å²) >= 11 is 0. The average Bonchev–Trinajstić information content (AvgIpc) is 2.98. The van der Waals surface area contributed by atoms with Gasteiger partial charge in [0.15, 0.2) is 0 Å². The highest BCUT2D eigenvalue weighted by Crippen LogP contribution is 2.37. The lowest BCUT2D eigenvalue weighted by atomic mass is 10.3. The van der Waals surface area contributed by atoms with E-state index in [1.54, 1.807) is 30.2 Å². The summed E-state index contributed by atoms with van der Waals surface area (Å²) in [7, 11) is 1.81. The zero-order valence-electron chi connectivity index (χ0n) is 10.1. The fourth-order valence-electron chi connectivity index (χ4n) is 2.02. The molecule has 0 unspecified atom stereocenters. The van der Waals surface area contributed by atoms with Gasteiger partial charge in [-0.15, -0.1) is 0 Å². The summed E-state index contributed by atoms with van der Waals surface area (Å²) in [5, 5.41) is 6.83. The van der Waals surface area contributed by atoms with Crippen molar-refractivity contribution in [3.8, 4) is 0 Å². The highest BCUT2D eigenvalue weighted by Gasteiger charge is 2.27. The van der Waals surface area contributed by atoms with Crippen molar-refractivity contribution in [3.05, 3.63) is 30.4 Å². The summed E-state index contributed by atoms with van der Waals surface area (Å²) < 4.78 is 3.60. The van der Waals surface area contributed by atoms with E-state index < -0.39 is 0 Å². The molecule has 0 spiro atoms. The van der Waals surface area contributed by atoms with Crippen LogP contribution in [-0.4, -0.2) is 20.3 Å². The maximum atomic E-state index is 12.2. The molecular weight excluding hydrogens is 230 g/mol. The molecule has 1 aliphatic carbocycles. The van der Waals surface area contributed by atoms with Gasteiger partial charge in [-0.1, -0.05) is 0 Å². The highest BCUT2D eigenvalue weighted by atomic mass is 16.2. The van der Waals surface area contributed by atoms with Crippen LogP contribution >= 0.6 is 0 Å². The Labute approximate surface area is 104 Å². The molecule has 2 aromatic heterocycles. The molecule has 0 atom stereocenters. The normalized spacial score (nSPS) is 14.7. The molecule has 2 heterocycles. The predicted molar refractivity (Wildman–Crippen MR) is 68.3 cm³/mol. The minimum atomic E-state index is -0.147. The molecule has 0 bridgehead atoms. The van der Waals surface area contributed by atoms with Crippen LogP contribution in [0.15, 0.2) is 24.7 Å². The molecule has 1 amide bonds. The minimum Gasteiger partial charge on any atom is -0.397 e. The van der Waals surface area contributed by atoms with E-state index in [0.717, 1.165) is 12.8 Å². The van der Waals surface area contributed by atoms with E-state index in [0.29, 0.717) is 23.1 Å². The van der Waals surface area contributed by atoms with Gasteiger partial charge in [0, 0.05) is 25.5 Å². The largest absolute Gasteiger partial charge is 0.397 e. The quantitative estimate of drug-likeness (QED) is 0.857. The molecule has 3 N–H and O–H groups in total. The third kappa shape index (κ3) is 1.97. The number of carbonyl (C=O) groups is 1. The van der Waals surface area contributed by atoms with Crippen LogP contribution in [0.25, 0.3) is 0 Å². The van der Waals surface area contributed by atoms with Crippen molar-refractivity contribution in [2.75, 3.05) is 11.1 Å². The first-order valence-corrected chi connectivity index (χ1v) is 5.91. The van der Waals surface area contributed by atoms with Crippen molar-refractivity contribution in [1.82, 2.24) is 14.3 Å². The van der Waals surface area contributed by atoms with Gasteiger partial charge < -0.3 is 15.6 Å². The molecule has 6 heteroatoms. The number of aromatic nitrogens is 3. The van der Waals surface area contributed by atoms with E-state index in [1.165, 1.54) is 0 Å². The first-order valence-electron chi connectivity index (χ1n) is 5.91. The van der Waals surface area contributed by atoms with Gasteiger partial charge in [0.1, 0.15) is 5.69 Å². The van der Waals surface area contributed by atoms with Crippen LogP contribution in [0.1, 0.15) is 29.4 Å². The number of nitrogens with one attached hydrogen (secondary N) is 1. The predicted octanol–water partition coefficient (Wildman–Crippen LogP) is 1.39. The molecule has 1 saturated carbocycles. The fraction of sp³-hybridized carbons (Fsp3) is 0.333. The van der Waals surface area contributed by atoms with Crippen LogP contribution in [0.3, 0.4) is 0 Å². The number of amides is 1. The Morgan fingerprint density at radius 3 is 2.89 bits per heavy atom. The molecule has 0 saturated heterocycles. The van der Waals surface area contributed by atoms with Gasteiger partial charge in [0.05, 0.1) is 17.6 Å². The first-order chi connectivity index (χ1) is 8.63. The Morgan fingerprint density at radius 1 is 1.50 bits per heavy atom. The van der Waals surface area contributed by atoms with E-state index in [4.69, 9.17) is 5.73 Å². The number of carbonyl (C=O) groups excluding carboxylic acids is 1. The van der Waals surface area contributed by atoms with Crippen molar-refractivity contribution in [2.45, 2.75) is 18.9 Å². The number of anilines is 2. The number of nitrogens with zero attached hydrogens (tertiary/aromatic N) is 3. The summed E-state index contributed by atoms with van der Waals surface area (Å²) in [6.07, 6.45) is 7.43. The zero-order valence-corrected chi connectivity index (χ0v) is 10.1. The third-order valence-corrected chi connectivity index (χ3v) is 3.01. The number of aryl methyl sites for hydroxylation is 1. The summed E-state index contributed by atoms with van der Waals surface area (Å²) in [5.41, 5.74) is 7.68. The van der Waals surface area contributed by atoms with Crippen LogP contribution in [0.2, 0.25) is 0 Å². The second-order valence-electron chi connectivity index (χ2n) is 4.65. The maximum Gasteiger partial charge on any atom is 0.272 e. The van der Waals surface area contributed by atoms with Crippen LogP contribution in [0, 0.1) is 0 Å². The van der Waals surface area contributed by atoms with E-state index in [2.05, 4.69) is 10.4 Å². The van der Waals surface area contributed by atoms with E-state index in [-0.39, 0.29) is 5.91 Å². The Kier molecular flexibility index (Phi) is 2.36. The zero-order chi connectivity index (χ0) is 12.7. The smallest absolute Gasteiger partial charge is 0.272 e. The van der Waals surface area contributed by atoms with Crippen LogP contribution < -0.4 is 11.1 Å². The topological polar surface area (TPSA) is 77.9 Å². The molecule has 18 heavy (non-hydrogen) atoms. The van der Waals surface area contributed by atoms with Gasteiger partial charge in [-0.2, -0.15) is 5.10 Å². The van der Waals surface area contributed by atoms with Crippen LogP contribution in [0.5, 0.6) is 0 Å². The molecule has 6 nitrogen and oxygen atoms in total. The van der Waals surface area contributed by atoms with Crippen LogP contribution in [0.4, 0.5) is 11.4 Å². The molecule has 0 aromatic carbocycles. The monoisotopic (exact) mass is 245 g/mol. The lowest BCUT2D eigenvalue weighted by Gasteiger charge is -2.06. The Morgan fingerprint density at radius 2 is 2.28 bits per heavy atom. The molecule has 3 rings (SSSR count). The second-order valence-corrected chi connectivity index (χ2v) is 4.65. The van der Waals surface area contributed by atoms with Gasteiger partial charge in [0.2, 0.25) is 0 Å². The van der Waals surface area contributed by atoms with Gasteiger partial charge in [-0.25, -0.2) is 0 Å². The number of hydrogen-bond donors (Lipinski definition) is 2. The van der Waals surface area contributed by atoms with Crippen molar-refractivity contribution in [3.63, 3.8) is 0 Å². The first kappa shape index (κ1) is 10.9. The molecule has 0 radical (unpaired) electrons. The van der Waals surface area contributed by atoms with Gasteiger partial charge in [0.25, 0.3) is 5.91 Å². The number of nitrogens with two attached hydrogens (primary N) is 1. The van der Waals surface area contributed by atoms with Crippen molar-refractivity contribution < 1.29 is 4.79 Å². The highest BCUT2D eigenvalue weighted by molar-refractivity contribution is 6.03. The molecule has 1 fully saturated rings. The lowest BCUT2D eigenvalue weighted by Crippen LogP contribution is -2.16. The van der Waals surface area contributed by atoms with Crippen LogP contribution in [-0.2, 0) is 7.05 Å². The van der Waals surface area contributed by atoms with Gasteiger partial charge in [-0.05, 0) is 18.9 Å². The fourth-order valence-corrected chi connectivity index (χ4v) is 2.02. The molecule has 2 aromatic rings. The standard InChI is InChI=1S/C12H15N5O/c1-16-7-9(5-14-16)15-12(18)11-4-8(13)6-17(11)10-2-3-10/h4-7,10H,2-3,13H2,1H3,(H,15,18). The molecule has 94 valence electrons. The minimum absolute atomic E-state index is 0.147. The van der Waals surface area contributed by atoms with Crippen molar-refractivity contribution in [1.29, 1.82) is 0 Å². The second kappa shape index (κ2) is 3.90. The number of hydrogen-bond acceptors (Lipinski definition) is 3. The Bertz CT molecular complexity index is 593. The molecule has 0 aliphatic heterocycles. The van der Waals surface area contributed by atoms with E-state index >= 15 is 0 Å². The molecular formula is C12H15N5O. The number of rotatable bonds is 3. The van der Waals surface area contributed by atoms with Gasteiger partial charge >= 0.3 is 0 Å². The van der Waals surface area contributed by atoms with Crippen molar-refractivity contribution in [2.24, 2.45) is 7.05 Å². The third-order valence-electron chi connectivity index (χ3n) is 3.01. The summed E-state index contributed by atoms with van der Waals surface area (Å²) in [4.78, 5) is 12.2. The summed E-state index contributed by atoms with van der Waals surface area (Å²) in [6, 6.07) is 2.14. The van der Waals surface area contributed by atoms with E-state index in [1.807, 2.05) is 10.8 Å². The SMILES string of the molecule is Cn1cc(NC(=O)c2cc(N)cn2C2CC2)cn1. The summed E-state index contributed by atoms with van der Waals surface area (Å²) in [6.45, 7) is 0. The van der Waals surface area contributed by atoms with E-state index in [9.17, 15) is 4.79 Å². The maximum absolute atomic E-state index is 12.2. The molecule has 1 aliphatic rings. The number of nitrogen functional groups attached to an aromatic ring is 1. The van der Waals surface area contributed by atoms with Crippen molar-refractivity contribution >= 4 is 17.3 Å². The lowest BCUT2D eigenvalue weighted by molar-refractivity contribution is 0.101.